The molecule has 0 bridgehead atoms. The summed E-state index contributed by atoms with van der Waals surface area (Å²) < 4.78 is 4.08. The van der Waals surface area contributed by atoms with Gasteiger partial charge in [0.2, 0.25) is 0 Å². The summed E-state index contributed by atoms with van der Waals surface area (Å²) in [6.07, 6.45) is 7.01. The van der Waals surface area contributed by atoms with Gasteiger partial charge in [-0.25, -0.2) is 4.98 Å². The molecule has 0 aliphatic rings. The molecule has 0 radical (unpaired) electrons. The maximum atomic E-state index is 4.50. The predicted octanol–water partition coefficient (Wildman–Crippen LogP) is 1.92. The summed E-state index contributed by atoms with van der Waals surface area (Å²) in [4.78, 5) is 4.44. The second-order valence-corrected chi connectivity index (χ2v) is 5.72. The average Bonchev–Trinajstić information content (AvgIpc) is 2.93. The standard InChI is InChI=1S/C16H27N5/c1-6-17-14(11-16-18-9-10-20(16)4)7-8-15-12(2)19-21(5)13(15)3/h9-10,14,17H,6-8,11H2,1-5H3. The van der Waals surface area contributed by atoms with Crippen molar-refractivity contribution in [2.75, 3.05) is 6.54 Å². The van der Waals surface area contributed by atoms with E-state index in [-0.39, 0.29) is 0 Å². The van der Waals surface area contributed by atoms with Crippen LogP contribution in [0.5, 0.6) is 0 Å². The Kier molecular flexibility index (Phi) is 5.17. The van der Waals surface area contributed by atoms with Crippen LogP contribution in [0.1, 0.15) is 36.1 Å². The van der Waals surface area contributed by atoms with E-state index < -0.39 is 0 Å². The zero-order valence-corrected chi connectivity index (χ0v) is 13.8. The molecular formula is C16H27N5. The van der Waals surface area contributed by atoms with E-state index in [2.05, 4.69) is 47.8 Å². The molecule has 0 aromatic carbocycles. The van der Waals surface area contributed by atoms with E-state index >= 15 is 0 Å². The molecule has 0 aliphatic carbocycles. The van der Waals surface area contributed by atoms with Crippen molar-refractivity contribution in [1.29, 1.82) is 0 Å². The molecule has 0 amide bonds. The highest BCUT2D eigenvalue weighted by atomic mass is 15.3. The summed E-state index contributed by atoms with van der Waals surface area (Å²) in [5.74, 6) is 1.14. The fraction of sp³-hybridized carbons (Fsp3) is 0.625. The molecule has 2 aromatic heterocycles. The quantitative estimate of drug-likeness (QED) is 0.847. The zero-order chi connectivity index (χ0) is 15.4. The van der Waals surface area contributed by atoms with Crippen LogP contribution < -0.4 is 5.32 Å². The molecule has 2 aromatic rings. The lowest BCUT2D eigenvalue weighted by Crippen LogP contribution is -2.32. The van der Waals surface area contributed by atoms with Crippen molar-refractivity contribution in [3.63, 3.8) is 0 Å². The van der Waals surface area contributed by atoms with Crippen molar-refractivity contribution in [2.24, 2.45) is 14.1 Å². The first-order chi connectivity index (χ1) is 10.0. The van der Waals surface area contributed by atoms with Gasteiger partial charge in [0.25, 0.3) is 0 Å². The number of imidazole rings is 1. The van der Waals surface area contributed by atoms with Crippen molar-refractivity contribution in [3.05, 3.63) is 35.2 Å². The third-order valence-electron chi connectivity index (χ3n) is 4.24. The Hall–Kier alpha value is -1.62. The number of nitrogens with zero attached hydrogens (tertiary/aromatic N) is 4. The molecule has 0 saturated carbocycles. The molecular weight excluding hydrogens is 262 g/mol. The second-order valence-electron chi connectivity index (χ2n) is 5.72. The number of aryl methyl sites for hydroxylation is 3. The second kappa shape index (κ2) is 6.89. The van der Waals surface area contributed by atoms with Crippen LogP contribution >= 0.6 is 0 Å². The van der Waals surface area contributed by atoms with Gasteiger partial charge in [-0.15, -0.1) is 0 Å². The lowest BCUT2D eigenvalue weighted by Gasteiger charge is -2.17. The molecule has 116 valence electrons. The number of likely N-dealkylation sites (N-methyl/N-ethyl adjacent to an activating group) is 1. The van der Waals surface area contributed by atoms with Gasteiger partial charge in [0.05, 0.1) is 5.69 Å². The van der Waals surface area contributed by atoms with Crippen LogP contribution in [0.15, 0.2) is 12.4 Å². The first kappa shape index (κ1) is 15.8. The third-order valence-corrected chi connectivity index (χ3v) is 4.24. The van der Waals surface area contributed by atoms with Crippen LogP contribution in [0.2, 0.25) is 0 Å². The maximum Gasteiger partial charge on any atom is 0.109 e. The van der Waals surface area contributed by atoms with Crippen LogP contribution in [0, 0.1) is 13.8 Å². The fourth-order valence-corrected chi connectivity index (χ4v) is 2.88. The summed E-state index contributed by atoms with van der Waals surface area (Å²) in [6, 6.07) is 0.454. The molecule has 0 saturated heterocycles. The molecule has 0 aliphatic heterocycles. The largest absolute Gasteiger partial charge is 0.338 e. The van der Waals surface area contributed by atoms with Gasteiger partial charge in [0, 0.05) is 44.6 Å². The molecule has 1 atom stereocenters. The van der Waals surface area contributed by atoms with Crippen LogP contribution in [-0.4, -0.2) is 31.9 Å². The number of hydrogen-bond acceptors (Lipinski definition) is 3. The van der Waals surface area contributed by atoms with E-state index in [1.807, 2.05) is 24.1 Å². The SMILES string of the molecule is CCNC(CCc1c(C)nn(C)c1C)Cc1nccn1C. The monoisotopic (exact) mass is 289 g/mol. The number of hydrogen-bond donors (Lipinski definition) is 1. The molecule has 2 heterocycles. The Bertz CT molecular complexity index is 582. The van der Waals surface area contributed by atoms with Crippen LogP contribution in [0.3, 0.4) is 0 Å². The Labute approximate surface area is 127 Å². The van der Waals surface area contributed by atoms with Gasteiger partial charge in [-0.3, -0.25) is 4.68 Å². The van der Waals surface area contributed by atoms with Gasteiger partial charge in [-0.2, -0.15) is 5.10 Å². The van der Waals surface area contributed by atoms with E-state index in [1.54, 1.807) is 0 Å². The minimum Gasteiger partial charge on any atom is -0.338 e. The lowest BCUT2D eigenvalue weighted by molar-refractivity contribution is 0.476. The van der Waals surface area contributed by atoms with Gasteiger partial charge < -0.3 is 9.88 Å². The molecule has 0 fully saturated rings. The molecule has 1 unspecified atom stereocenters. The first-order valence-corrected chi connectivity index (χ1v) is 7.71. The normalized spacial score (nSPS) is 12.8. The third kappa shape index (κ3) is 3.73. The summed E-state index contributed by atoms with van der Waals surface area (Å²) in [5.41, 5.74) is 3.82. The van der Waals surface area contributed by atoms with Crippen molar-refractivity contribution < 1.29 is 0 Å². The zero-order valence-electron chi connectivity index (χ0n) is 13.8. The van der Waals surface area contributed by atoms with Crippen molar-refractivity contribution in [3.8, 4) is 0 Å². The van der Waals surface area contributed by atoms with E-state index in [1.165, 1.54) is 11.3 Å². The minimum absolute atomic E-state index is 0.454. The highest BCUT2D eigenvalue weighted by molar-refractivity contribution is 5.24. The minimum atomic E-state index is 0.454. The van der Waals surface area contributed by atoms with Crippen molar-refractivity contribution in [1.82, 2.24) is 24.6 Å². The van der Waals surface area contributed by atoms with E-state index in [0.717, 1.165) is 37.3 Å². The summed E-state index contributed by atoms with van der Waals surface area (Å²) >= 11 is 0. The first-order valence-electron chi connectivity index (χ1n) is 7.71. The van der Waals surface area contributed by atoms with Gasteiger partial charge in [-0.05, 0) is 38.8 Å². The van der Waals surface area contributed by atoms with E-state index in [0.29, 0.717) is 6.04 Å². The molecule has 5 heteroatoms. The van der Waals surface area contributed by atoms with Crippen LogP contribution in [-0.2, 0) is 26.9 Å². The molecule has 2 rings (SSSR count). The Morgan fingerprint density at radius 2 is 2.05 bits per heavy atom. The van der Waals surface area contributed by atoms with E-state index in [9.17, 15) is 0 Å². The summed E-state index contributed by atoms with van der Waals surface area (Å²) in [6.45, 7) is 7.39. The number of rotatable bonds is 7. The Morgan fingerprint density at radius 1 is 1.29 bits per heavy atom. The van der Waals surface area contributed by atoms with Gasteiger partial charge in [-0.1, -0.05) is 6.92 Å². The maximum absolute atomic E-state index is 4.50. The molecule has 21 heavy (non-hydrogen) atoms. The number of aromatic nitrogens is 4. The summed E-state index contributed by atoms with van der Waals surface area (Å²) in [5, 5.41) is 8.09. The van der Waals surface area contributed by atoms with Crippen LogP contribution in [0.4, 0.5) is 0 Å². The molecule has 0 spiro atoms. The Balaban J connectivity index is 2.01. The highest BCUT2D eigenvalue weighted by Crippen LogP contribution is 2.16. The number of nitrogens with one attached hydrogen (secondary N) is 1. The average molecular weight is 289 g/mol. The summed E-state index contributed by atoms with van der Waals surface area (Å²) in [7, 11) is 4.07. The lowest BCUT2D eigenvalue weighted by atomic mass is 10.0. The topological polar surface area (TPSA) is 47.7 Å². The smallest absolute Gasteiger partial charge is 0.109 e. The van der Waals surface area contributed by atoms with Gasteiger partial charge in [0.15, 0.2) is 0 Å². The van der Waals surface area contributed by atoms with E-state index in [4.69, 9.17) is 0 Å². The predicted molar refractivity (Wildman–Crippen MR) is 85.4 cm³/mol. The van der Waals surface area contributed by atoms with Crippen molar-refractivity contribution in [2.45, 2.75) is 46.1 Å². The highest BCUT2D eigenvalue weighted by Gasteiger charge is 2.15. The van der Waals surface area contributed by atoms with Gasteiger partial charge >= 0.3 is 0 Å². The molecule has 5 nitrogen and oxygen atoms in total. The van der Waals surface area contributed by atoms with Crippen LogP contribution in [0.25, 0.3) is 0 Å². The fourth-order valence-electron chi connectivity index (χ4n) is 2.88. The Morgan fingerprint density at radius 3 is 2.57 bits per heavy atom. The van der Waals surface area contributed by atoms with Gasteiger partial charge in [0.1, 0.15) is 5.82 Å². The molecule has 1 N–H and O–H groups in total. The van der Waals surface area contributed by atoms with Crippen molar-refractivity contribution >= 4 is 0 Å².